The molecule has 1 aliphatic rings. The molecule has 1 fully saturated rings. The molecule has 0 spiro atoms. The number of hydrogen-bond acceptors (Lipinski definition) is 4. The van der Waals surface area contributed by atoms with E-state index in [1.54, 1.807) is 20.8 Å². The summed E-state index contributed by atoms with van der Waals surface area (Å²) in [5.74, 6) is 0.111. The van der Waals surface area contributed by atoms with E-state index in [4.69, 9.17) is 4.42 Å². The number of oxazole rings is 1. The highest BCUT2D eigenvalue weighted by atomic mass is 19.1. The molecule has 2 heterocycles. The van der Waals surface area contributed by atoms with Crippen molar-refractivity contribution in [3.63, 3.8) is 0 Å². The molecule has 0 radical (unpaired) electrons. The van der Waals surface area contributed by atoms with Crippen LogP contribution in [0.4, 0.5) is 9.18 Å². The van der Waals surface area contributed by atoms with E-state index in [1.807, 2.05) is 0 Å². The fourth-order valence-electron chi connectivity index (χ4n) is 2.56. The van der Waals surface area contributed by atoms with Gasteiger partial charge in [0.25, 0.3) is 5.91 Å². The van der Waals surface area contributed by atoms with Gasteiger partial charge in [-0.2, -0.15) is 0 Å². The number of carbonyl (C=O) groups excluding carboxylic acids is 2. The van der Waals surface area contributed by atoms with Gasteiger partial charge in [0.1, 0.15) is 23.7 Å². The summed E-state index contributed by atoms with van der Waals surface area (Å²) in [5.41, 5.74) is -0.00515. The highest BCUT2D eigenvalue weighted by Crippen LogP contribution is 2.30. The van der Waals surface area contributed by atoms with Crippen LogP contribution >= 0.6 is 0 Å². The number of carbonyl (C=O) groups is 2. The molecule has 1 N–H and O–H groups in total. The lowest BCUT2D eigenvalue weighted by atomic mass is 9.92. The summed E-state index contributed by atoms with van der Waals surface area (Å²) in [7, 11) is 0. The second-order valence-electron chi connectivity index (χ2n) is 5.70. The minimum Gasteiger partial charge on any atom is -0.444 e. The predicted octanol–water partition coefficient (Wildman–Crippen LogP) is 2.40. The molecule has 7 heteroatoms. The summed E-state index contributed by atoms with van der Waals surface area (Å²) in [6.45, 7) is 5.10. The average Bonchev–Trinajstić information content (AvgIpc) is 2.92. The molecule has 2 aromatic rings. The van der Waals surface area contributed by atoms with Crippen LogP contribution < -0.4 is 5.32 Å². The number of aromatic nitrogens is 1. The van der Waals surface area contributed by atoms with Crippen molar-refractivity contribution in [1.82, 2.24) is 15.2 Å². The number of nitrogens with one attached hydrogen (secondary N) is 1. The molecule has 0 unspecified atom stereocenters. The molecule has 1 saturated heterocycles. The standard InChI is InChI=1S/C16H16FN3O3/c1-9-10(2)23-13(18-9)8-20-14(21)16(3,19-15(20)22)11-4-6-12(17)7-5-11/h4-7H,8H2,1-3H3,(H,19,22)/t16-/m1/s1. The van der Waals surface area contributed by atoms with E-state index in [0.29, 0.717) is 22.9 Å². The van der Waals surface area contributed by atoms with Crippen LogP contribution in [0.2, 0.25) is 0 Å². The first kappa shape index (κ1) is 15.2. The summed E-state index contributed by atoms with van der Waals surface area (Å²) in [5, 5.41) is 2.65. The van der Waals surface area contributed by atoms with Crippen LogP contribution in [0.5, 0.6) is 0 Å². The Bertz CT molecular complexity index is 765. The van der Waals surface area contributed by atoms with Crippen LogP contribution in [0.25, 0.3) is 0 Å². The molecule has 3 rings (SSSR count). The monoisotopic (exact) mass is 317 g/mol. The van der Waals surface area contributed by atoms with Crippen LogP contribution in [0.15, 0.2) is 28.7 Å². The van der Waals surface area contributed by atoms with Crippen LogP contribution in [-0.4, -0.2) is 21.8 Å². The Morgan fingerprint density at radius 2 is 1.91 bits per heavy atom. The zero-order valence-corrected chi connectivity index (χ0v) is 13.0. The van der Waals surface area contributed by atoms with Gasteiger partial charge in [-0.1, -0.05) is 12.1 Å². The number of halogens is 1. The third-order valence-corrected chi connectivity index (χ3v) is 4.06. The molecule has 23 heavy (non-hydrogen) atoms. The SMILES string of the molecule is Cc1nc(CN2C(=O)N[C@](C)(c3ccc(F)cc3)C2=O)oc1C. The number of imide groups is 1. The smallest absolute Gasteiger partial charge is 0.325 e. The molecule has 0 aliphatic carbocycles. The quantitative estimate of drug-likeness (QED) is 0.882. The molecule has 1 aromatic heterocycles. The third-order valence-electron chi connectivity index (χ3n) is 4.06. The lowest BCUT2D eigenvalue weighted by Gasteiger charge is -2.21. The van der Waals surface area contributed by atoms with Gasteiger partial charge in [-0.05, 0) is 38.5 Å². The normalized spacial score (nSPS) is 21.0. The summed E-state index contributed by atoms with van der Waals surface area (Å²) in [4.78, 5) is 30.1. The average molecular weight is 317 g/mol. The Morgan fingerprint density at radius 3 is 2.48 bits per heavy atom. The highest BCUT2D eigenvalue weighted by Gasteiger charge is 2.49. The Labute approximate surface area is 132 Å². The van der Waals surface area contributed by atoms with Gasteiger partial charge in [-0.25, -0.2) is 14.2 Å². The maximum Gasteiger partial charge on any atom is 0.325 e. The van der Waals surface area contributed by atoms with Gasteiger partial charge in [0.15, 0.2) is 0 Å². The first-order chi connectivity index (χ1) is 10.8. The van der Waals surface area contributed by atoms with Crippen molar-refractivity contribution in [3.8, 4) is 0 Å². The van der Waals surface area contributed by atoms with Crippen molar-refractivity contribution in [2.24, 2.45) is 0 Å². The van der Waals surface area contributed by atoms with Crippen LogP contribution in [0, 0.1) is 19.7 Å². The van der Waals surface area contributed by atoms with E-state index in [0.717, 1.165) is 4.90 Å². The third kappa shape index (κ3) is 2.48. The van der Waals surface area contributed by atoms with Crippen molar-refractivity contribution in [2.45, 2.75) is 32.9 Å². The predicted molar refractivity (Wildman–Crippen MR) is 78.8 cm³/mol. The van der Waals surface area contributed by atoms with E-state index in [2.05, 4.69) is 10.3 Å². The number of rotatable bonds is 3. The highest BCUT2D eigenvalue weighted by molar-refractivity contribution is 6.07. The fourth-order valence-corrected chi connectivity index (χ4v) is 2.56. The Kier molecular flexibility index (Phi) is 3.43. The van der Waals surface area contributed by atoms with E-state index >= 15 is 0 Å². The zero-order valence-electron chi connectivity index (χ0n) is 13.0. The Balaban J connectivity index is 1.88. The first-order valence-corrected chi connectivity index (χ1v) is 7.14. The van der Waals surface area contributed by atoms with Gasteiger partial charge in [-0.3, -0.25) is 9.69 Å². The zero-order chi connectivity index (χ0) is 16.8. The second kappa shape index (κ2) is 5.19. The lowest BCUT2D eigenvalue weighted by molar-refractivity contribution is -0.131. The minimum atomic E-state index is -1.23. The number of nitrogens with zero attached hydrogens (tertiary/aromatic N) is 2. The molecule has 1 aromatic carbocycles. The van der Waals surface area contributed by atoms with Gasteiger partial charge >= 0.3 is 6.03 Å². The summed E-state index contributed by atoms with van der Waals surface area (Å²) in [6, 6.07) is 4.94. The van der Waals surface area contributed by atoms with Gasteiger partial charge in [0.2, 0.25) is 5.89 Å². The van der Waals surface area contributed by atoms with Crippen molar-refractivity contribution >= 4 is 11.9 Å². The van der Waals surface area contributed by atoms with Crippen LogP contribution in [0.3, 0.4) is 0 Å². The number of urea groups is 1. The number of aryl methyl sites for hydroxylation is 2. The molecule has 1 aliphatic heterocycles. The van der Waals surface area contributed by atoms with E-state index in [1.165, 1.54) is 24.3 Å². The molecular weight excluding hydrogens is 301 g/mol. The van der Waals surface area contributed by atoms with E-state index in [-0.39, 0.29) is 6.54 Å². The topological polar surface area (TPSA) is 75.4 Å². The largest absolute Gasteiger partial charge is 0.444 e. The van der Waals surface area contributed by atoms with Crippen molar-refractivity contribution in [3.05, 3.63) is 53.0 Å². The molecular formula is C16H16FN3O3. The molecule has 0 saturated carbocycles. The molecule has 0 bridgehead atoms. The van der Waals surface area contributed by atoms with Gasteiger partial charge in [-0.15, -0.1) is 0 Å². The summed E-state index contributed by atoms with van der Waals surface area (Å²) >= 11 is 0. The lowest BCUT2D eigenvalue weighted by Crippen LogP contribution is -2.40. The maximum atomic E-state index is 13.1. The summed E-state index contributed by atoms with van der Waals surface area (Å²) < 4.78 is 18.5. The van der Waals surface area contributed by atoms with E-state index in [9.17, 15) is 14.0 Å². The van der Waals surface area contributed by atoms with Gasteiger partial charge < -0.3 is 9.73 Å². The first-order valence-electron chi connectivity index (χ1n) is 7.14. The van der Waals surface area contributed by atoms with E-state index < -0.39 is 23.3 Å². The molecule has 3 amide bonds. The van der Waals surface area contributed by atoms with Crippen molar-refractivity contribution in [2.75, 3.05) is 0 Å². The fraction of sp³-hybridized carbons (Fsp3) is 0.312. The molecule has 1 atom stereocenters. The van der Waals surface area contributed by atoms with Gasteiger partial charge in [0.05, 0.1) is 5.69 Å². The van der Waals surface area contributed by atoms with Crippen molar-refractivity contribution in [1.29, 1.82) is 0 Å². The van der Waals surface area contributed by atoms with Crippen LogP contribution in [-0.2, 0) is 16.9 Å². The molecule has 120 valence electrons. The number of amides is 3. The van der Waals surface area contributed by atoms with Gasteiger partial charge in [0, 0.05) is 0 Å². The Morgan fingerprint density at radius 1 is 1.26 bits per heavy atom. The number of benzene rings is 1. The maximum absolute atomic E-state index is 13.1. The molecule has 6 nitrogen and oxygen atoms in total. The minimum absolute atomic E-state index is 0.0455. The Hall–Kier alpha value is -2.70. The summed E-state index contributed by atoms with van der Waals surface area (Å²) in [6.07, 6.45) is 0. The second-order valence-corrected chi connectivity index (χ2v) is 5.70. The number of hydrogen-bond donors (Lipinski definition) is 1. The van der Waals surface area contributed by atoms with Crippen LogP contribution in [0.1, 0.15) is 29.8 Å². The van der Waals surface area contributed by atoms with Crippen molar-refractivity contribution < 1.29 is 18.4 Å².